The van der Waals surface area contributed by atoms with E-state index in [0.29, 0.717) is 15.6 Å². The molecule has 1 N–H and O–H groups in total. The smallest absolute Gasteiger partial charge is 0.286 e. The van der Waals surface area contributed by atoms with E-state index in [2.05, 4.69) is 16.0 Å². The van der Waals surface area contributed by atoms with Gasteiger partial charge in [-0.15, -0.1) is 0 Å². The van der Waals surface area contributed by atoms with Gasteiger partial charge in [0.05, 0.1) is 36.0 Å². The number of nitro benzene ring substituents is 1. The molecule has 0 radical (unpaired) electrons. The van der Waals surface area contributed by atoms with Crippen LogP contribution in [0.1, 0.15) is 11.1 Å². The number of thioether (sulfide) groups is 1. The van der Waals surface area contributed by atoms with E-state index in [1.807, 2.05) is 19.1 Å². The fourth-order valence-corrected chi connectivity index (χ4v) is 4.67. The van der Waals surface area contributed by atoms with E-state index in [-0.39, 0.29) is 5.91 Å². The van der Waals surface area contributed by atoms with Crippen LogP contribution in [0.3, 0.4) is 0 Å². The molecule has 0 atom stereocenters. The summed E-state index contributed by atoms with van der Waals surface area (Å²) in [4.78, 5) is 30.5. The number of nitrogens with one attached hydrogen (secondary N) is 1. The van der Waals surface area contributed by atoms with Gasteiger partial charge in [0.15, 0.2) is 5.17 Å². The molecule has 0 aliphatic carbocycles. The summed E-state index contributed by atoms with van der Waals surface area (Å²) in [6.45, 7) is 5.16. The minimum atomic E-state index is -0.723. The summed E-state index contributed by atoms with van der Waals surface area (Å²) in [5.74, 6) is -1.04. The standard InChI is InChI=1S/C21H19ClN4O4S/c1-13-2-4-15(12-16(13)22)24-6-8-25(9-7-24)21-23-20(28)19(31-21)11-14-3-5-18(27)17(10-14)26(29)30/h2-5,10-12,27H,6-9H2,1H3/b19-11+. The summed E-state index contributed by atoms with van der Waals surface area (Å²) in [6.07, 6.45) is 1.53. The summed E-state index contributed by atoms with van der Waals surface area (Å²) in [7, 11) is 0. The molecule has 8 nitrogen and oxygen atoms in total. The summed E-state index contributed by atoms with van der Waals surface area (Å²) in [6, 6.07) is 9.88. The average molecular weight is 459 g/mol. The third kappa shape index (κ3) is 4.58. The van der Waals surface area contributed by atoms with Gasteiger partial charge in [0, 0.05) is 17.2 Å². The lowest BCUT2D eigenvalue weighted by atomic mass is 10.1. The Morgan fingerprint density at radius 3 is 2.65 bits per heavy atom. The van der Waals surface area contributed by atoms with Crippen LogP contribution >= 0.6 is 23.4 Å². The van der Waals surface area contributed by atoms with Crippen molar-refractivity contribution >= 4 is 51.9 Å². The molecule has 4 rings (SSSR count). The van der Waals surface area contributed by atoms with E-state index in [9.17, 15) is 20.0 Å². The molecule has 0 bridgehead atoms. The number of quaternary nitrogens is 1. The van der Waals surface area contributed by atoms with Gasteiger partial charge >= 0.3 is 0 Å². The maximum absolute atomic E-state index is 12.4. The first-order chi connectivity index (χ1) is 14.8. The Morgan fingerprint density at radius 2 is 1.97 bits per heavy atom. The quantitative estimate of drug-likeness (QED) is 0.429. The third-order valence-electron chi connectivity index (χ3n) is 5.30. The minimum Gasteiger partial charge on any atom is -0.868 e. The molecule has 1 amide bonds. The van der Waals surface area contributed by atoms with Gasteiger partial charge in [0.25, 0.3) is 11.6 Å². The van der Waals surface area contributed by atoms with Gasteiger partial charge in [-0.1, -0.05) is 29.8 Å². The molecule has 2 heterocycles. The van der Waals surface area contributed by atoms with Crippen molar-refractivity contribution in [1.29, 1.82) is 0 Å². The number of amidine groups is 1. The fourth-order valence-electron chi connectivity index (χ4n) is 3.52. The number of carbonyl (C=O) groups excluding carboxylic acids is 1. The van der Waals surface area contributed by atoms with Crippen molar-refractivity contribution < 1.29 is 19.7 Å². The number of aliphatic imine (C=N–C) groups is 1. The lowest BCUT2D eigenvalue weighted by Gasteiger charge is -2.32. The van der Waals surface area contributed by atoms with Crippen LogP contribution in [0.15, 0.2) is 46.3 Å². The molecule has 160 valence electrons. The van der Waals surface area contributed by atoms with E-state index < -0.39 is 16.4 Å². The predicted molar refractivity (Wildman–Crippen MR) is 119 cm³/mol. The predicted octanol–water partition coefficient (Wildman–Crippen LogP) is 2.13. The van der Waals surface area contributed by atoms with E-state index in [0.717, 1.165) is 48.5 Å². The molecule has 1 fully saturated rings. The van der Waals surface area contributed by atoms with Gasteiger partial charge in [-0.3, -0.25) is 19.8 Å². The SMILES string of the molecule is Cc1ccc([NH+]2CCN(C3=NC(=O)/C(=C\c4ccc([O-])c([N+](=O)[O-])c4)S3)CC2)cc1Cl. The molecular formula is C21H19ClN4O4S. The van der Waals surface area contributed by atoms with Crippen molar-refractivity contribution in [3.05, 3.63) is 67.6 Å². The molecular weight excluding hydrogens is 440 g/mol. The molecule has 10 heteroatoms. The van der Waals surface area contributed by atoms with Gasteiger partial charge in [0.1, 0.15) is 5.69 Å². The van der Waals surface area contributed by atoms with E-state index in [4.69, 9.17) is 11.6 Å². The summed E-state index contributed by atoms with van der Waals surface area (Å²) in [5, 5.41) is 23.9. The molecule has 2 aromatic carbocycles. The second-order valence-corrected chi connectivity index (χ2v) is 8.77. The summed E-state index contributed by atoms with van der Waals surface area (Å²) in [5.41, 5.74) is 2.11. The first kappa shape index (κ1) is 21.4. The Bertz CT molecular complexity index is 1130. The van der Waals surface area contributed by atoms with Crippen LogP contribution in [0, 0.1) is 17.0 Å². The monoisotopic (exact) mass is 458 g/mol. The number of nitro groups is 1. The Labute approximate surface area is 188 Å². The van der Waals surface area contributed by atoms with Crippen LogP contribution in [-0.2, 0) is 4.79 Å². The van der Waals surface area contributed by atoms with Crippen molar-refractivity contribution in [3.8, 4) is 5.75 Å². The van der Waals surface area contributed by atoms with Gasteiger partial charge in [-0.25, -0.2) is 0 Å². The van der Waals surface area contributed by atoms with Gasteiger partial charge in [-0.2, -0.15) is 4.99 Å². The highest BCUT2D eigenvalue weighted by molar-refractivity contribution is 8.18. The molecule has 31 heavy (non-hydrogen) atoms. The number of carbonyl (C=O) groups is 1. The van der Waals surface area contributed by atoms with Crippen LogP contribution < -0.4 is 10.0 Å². The number of amides is 1. The lowest BCUT2D eigenvalue weighted by Crippen LogP contribution is -3.10. The van der Waals surface area contributed by atoms with Gasteiger partial charge in [-0.05, 0) is 47.7 Å². The zero-order chi connectivity index (χ0) is 22.1. The number of rotatable bonds is 3. The topological polar surface area (TPSA) is 103 Å². The second-order valence-electron chi connectivity index (χ2n) is 7.35. The third-order valence-corrected chi connectivity index (χ3v) is 6.76. The first-order valence-corrected chi connectivity index (χ1v) is 10.9. The van der Waals surface area contributed by atoms with E-state index in [1.54, 1.807) is 0 Å². The van der Waals surface area contributed by atoms with Crippen molar-refractivity contribution in [3.63, 3.8) is 0 Å². The number of halogens is 1. The molecule has 1 saturated heterocycles. The number of nitrogens with zero attached hydrogens (tertiary/aromatic N) is 3. The van der Waals surface area contributed by atoms with Crippen molar-refractivity contribution in [2.45, 2.75) is 6.92 Å². The van der Waals surface area contributed by atoms with Gasteiger partial charge in [0.2, 0.25) is 0 Å². The van der Waals surface area contributed by atoms with Crippen LogP contribution in [0.5, 0.6) is 5.75 Å². The van der Waals surface area contributed by atoms with Crippen LogP contribution in [-0.4, -0.2) is 47.1 Å². The zero-order valence-corrected chi connectivity index (χ0v) is 18.2. The molecule has 0 spiro atoms. The molecule has 0 aromatic heterocycles. The number of benzene rings is 2. The molecule has 2 aliphatic rings. The van der Waals surface area contributed by atoms with Crippen molar-refractivity contribution in [1.82, 2.24) is 4.90 Å². The zero-order valence-electron chi connectivity index (χ0n) is 16.6. The Hall–Kier alpha value is -2.88. The molecule has 0 unspecified atom stereocenters. The second kappa shape index (κ2) is 8.70. The highest BCUT2D eigenvalue weighted by Crippen LogP contribution is 2.32. The van der Waals surface area contributed by atoms with E-state index in [1.165, 1.54) is 34.9 Å². The van der Waals surface area contributed by atoms with Crippen LogP contribution in [0.4, 0.5) is 11.4 Å². The summed E-state index contributed by atoms with van der Waals surface area (Å²) < 4.78 is 0. The minimum absolute atomic E-state index is 0.378. The molecule has 2 aromatic rings. The summed E-state index contributed by atoms with van der Waals surface area (Å²) >= 11 is 7.50. The average Bonchev–Trinajstić information content (AvgIpc) is 3.11. The molecule has 2 aliphatic heterocycles. The Kier molecular flexibility index (Phi) is 5.99. The van der Waals surface area contributed by atoms with Crippen LogP contribution in [0.2, 0.25) is 5.02 Å². The largest absolute Gasteiger partial charge is 0.868 e. The highest BCUT2D eigenvalue weighted by Gasteiger charge is 2.30. The number of aryl methyl sites for hydroxylation is 1. The van der Waals surface area contributed by atoms with Crippen molar-refractivity contribution in [2.24, 2.45) is 4.99 Å². The lowest BCUT2D eigenvalue weighted by molar-refractivity contribution is -0.837. The normalized spacial score (nSPS) is 18.5. The van der Waals surface area contributed by atoms with E-state index >= 15 is 0 Å². The number of hydrogen-bond acceptors (Lipinski definition) is 6. The molecule has 0 saturated carbocycles. The fraction of sp³-hybridized carbons (Fsp3) is 0.238. The first-order valence-electron chi connectivity index (χ1n) is 9.66. The maximum Gasteiger partial charge on any atom is 0.286 e. The number of hydrogen-bond donors (Lipinski definition) is 1. The van der Waals surface area contributed by atoms with Crippen molar-refractivity contribution in [2.75, 3.05) is 26.2 Å². The van der Waals surface area contributed by atoms with Gasteiger partial charge < -0.3 is 10.0 Å². The highest BCUT2D eigenvalue weighted by atomic mass is 35.5. The number of piperazine rings is 1. The van der Waals surface area contributed by atoms with Crippen LogP contribution in [0.25, 0.3) is 6.08 Å². The maximum atomic E-state index is 12.4. The Balaban J connectivity index is 1.42. The Morgan fingerprint density at radius 1 is 1.23 bits per heavy atom.